The van der Waals surface area contributed by atoms with Crippen LogP contribution in [0.2, 0.25) is 0 Å². The van der Waals surface area contributed by atoms with Crippen molar-refractivity contribution in [3.63, 3.8) is 0 Å². The van der Waals surface area contributed by atoms with Crippen molar-refractivity contribution < 1.29 is 4.79 Å². The maximum Gasteiger partial charge on any atom is 0.306 e. The Morgan fingerprint density at radius 3 is 2.39 bits per heavy atom. The summed E-state index contributed by atoms with van der Waals surface area (Å²) in [5, 5.41) is 0.172. The number of amides is 1. The van der Waals surface area contributed by atoms with Crippen LogP contribution >= 0.6 is 23.5 Å². The van der Waals surface area contributed by atoms with Gasteiger partial charge in [-0.2, -0.15) is 4.99 Å². The zero-order valence-electron chi connectivity index (χ0n) is 12.2. The van der Waals surface area contributed by atoms with Gasteiger partial charge in [-0.05, 0) is 30.4 Å². The van der Waals surface area contributed by atoms with Crippen molar-refractivity contribution in [2.24, 2.45) is 22.1 Å². The van der Waals surface area contributed by atoms with E-state index in [1.54, 1.807) is 6.26 Å². The van der Waals surface area contributed by atoms with Crippen molar-refractivity contribution in [2.75, 3.05) is 12.0 Å². The molecule has 1 atom stereocenters. The van der Waals surface area contributed by atoms with Crippen molar-refractivity contribution in [1.82, 2.24) is 0 Å². The van der Waals surface area contributed by atoms with Crippen LogP contribution in [0.3, 0.4) is 0 Å². The number of amidine groups is 1. The summed E-state index contributed by atoms with van der Waals surface area (Å²) < 4.78 is 0. The highest BCUT2D eigenvalue weighted by Crippen LogP contribution is 2.39. The first-order valence-electron chi connectivity index (χ1n) is 6.46. The van der Waals surface area contributed by atoms with E-state index in [1.807, 2.05) is 0 Å². The lowest BCUT2D eigenvalue weighted by atomic mass is 9.73. The van der Waals surface area contributed by atoms with Crippen molar-refractivity contribution in [3.8, 4) is 0 Å². The zero-order chi connectivity index (χ0) is 14.2. The van der Waals surface area contributed by atoms with Gasteiger partial charge >= 0.3 is 5.24 Å². The number of nitrogens with two attached hydrogens (primary N) is 1. The lowest BCUT2D eigenvalue weighted by Gasteiger charge is -2.36. The molecule has 0 aliphatic carbocycles. The van der Waals surface area contributed by atoms with Crippen LogP contribution in [0.5, 0.6) is 0 Å². The second-order valence-corrected chi connectivity index (χ2v) is 6.58. The fraction of sp³-hybridized carbons (Fsp3) is 0.846. The molecule has 3 nitrogen and oxygen atoms in total. The largest absolute Gasteiger partial charge is 0.378 e. The SMILES string of the molecule is CCCC(CC)(CS/C(N)=N/C(=O)SC)C(C)C. The number of hydrogen-bond acceptors (Lipinski definition) is 3. The predicted molar refractivity (Wildman–Crippen MR) is 85.5 cm³/mol. The van der Waals surface area contributed by atoms with Crippen LogP contribution in [0.25, 0.3) is 0 Å². The van der Waals surface area contributed by atoms with Gasteiger partial charge in [0, 0.05) is 5.75 Å². The summed E-state index contributed by atoms with van der Waals surface area (Å²) in [7, 11) is 0. The maximum atomic E-state index is 11.2. The first-order chi connectivity index (χ1) is 8.41. The topological polar surface area (TPSA) is 55.4 Å². The molecule has 0 aromatic carbocycles. The summed E-state index contributed by atoms with van der Waals surface area (Å²) in [6.45, 7) is 8.98. The minimum absolute atomic E-state index is 0.220. The molecule has 106 valence electrons. The third-order valence-electron chi connectivity index (χ3n) is 3.56. The first kappa shape index (κ1) is 17.8. The maximum absolute atomic E-state index is 11.2. The molecule has 0 aliphatic rings. The van der Waals surface area contributed by atoms with Gasteiger partial charge in [0.1, 0.15) is 0 Å². The lowest BCUT2D eigenvalue weighted by molar-refractivity contribution is 0.196. The Morgan fingerprint density at radius 2 is 2.00 bits per heavy atom. The molecule has 0 radical (unpaired) electrons. The molecular formula is C13H26N2OS2. The quantitative estimate of drug-likeness (QED) is 0.583. The molecule has 0 spiro atoms. The molecule has 0 aromatic rings. The number of carbonyl (C=O) groups excluding carboxylic acids is 1. The summed E-state index contributed by atoms with van der Waals surface area (Å²) >= 11 is 2.60. The van der Waals surface area contributed by atoms with E-state index in [2.05, 4.69) is 32.7 Å². The first-order valence-corrected chi connectivity index (χ1v) is 8.67. The molecule has 0 heterocycles. The number of nitrogens with zero attached hydrogens (tertiary/aromatic N) is 1. The van der Waals surface area contributed by atoms with Crippen molar-refractivity contribution in [2.45, 2.75) is 47.0 Å². The molecule has 0 fully saturated rings. The molecule has 0 rings (SSSR count). The second-order valence-electron chi connectivity index (χ2n) is 4.83. The predicted octanol–water partition coefficient (Wildman–Crippen LogP) is 4.37. The van der Waals surface area contributed by atoms with Crippen LogP contribution in [-0.4, -0.2) is 22.4 Å². The third kappa shape index (κ3) is 5.65. The van der Waals surface area contributed by atoms with Crippen LogP contribution < -0.4 is 5.73 Å². The summed E-state index contributed by atoms with van der Waals surface area (Å²) in [6, 6.07) is 0. The standard InChI is InChI=1S/C13H26N2OS2/c1-6-8-13(7-2,10(3)4)9-18-11(14)15-12(16)17-5/h10H,6-9H2,1-5H3,(H2,14,15,16). The van der Waals surface area contributed by atoms with Crippen LogP contribution in [0.4, 0.5) is 4.79 Å². The van der Waals surface area contributed by atoms with E-state index in [0.29, 0.717) is 16.5 Å². The third-order valence-corrected chi connectivity index (χ3v) is 5.11. The summed E-state index contributed by atoms with van der Waals surface area (Å²) in [5.74, 6) is 1.55. The average molecular weight is 290 g/mol. The number of rotatable bonds is 6. The molecular weight excluding hydrogens is 264 g/mol. The highest BCUT2D eigenvalue weighted by Gasteiger charge is 2.31. The van der Waals surface area contributed by atoms with Gasteiger partial charge in [-0.25, -0.2) is 0 Å². The van der Waals surface area contributed by atoms with E-state index in [0.717, 1.165) is 23.9 Å². The fourth-order valence-corrected chi connectivity index (χ4v) is 3.61. The minimum Gasteiger partial charge on any atom is -0.378 e. The Morgan fingerprint density at radius 1 is 1.39 bits per heavy atom. The van der Waals surface area contributed by atoms with Crippen LogP contribution in [0.15, 0.2) is 4.99 Å². The Bertz CT molecular complexity index is 293. The average Bonchev–Trinajstić information content (AvgIpc) is 2.34. The van der Waals surface area contributed by atoms with Crippen molar-refractivity contribution in [1.29, 1.82) is 0 Å². The Balaban J connectivity index is 4.61. The van der Waals surface area contributed by atoms with Crippen LogP contribution in [0, 0.1) is 11.3 Å². The Labute approximate surface area is 120 Å². The van der Waals surface area contributed by atoms with Crippen LogP contribution in [0.1, 0.15) is 47.0 Å². The lowest BCUT2D eigenvalue weighted by Crippen LogP contribution is -2.30. The van der Waals surface area contributed by atoms with Crippen molar-refractivity contribution >= 4 is 33.9 Å². The molecule has 18 heavy (non-hydrogen) atoms. The van der Waals surface area contributed by atoms with Gasteiger partial charge in [-0.3, -0.25) is 4.79 Å². The van der Waals surface area contributed by atoms with E-state index in [9.17, 15) is 4.79 Å². The molecule has 0 saturated heterocycles. The number of thioether (sulfide) groups is 2. The van der Waals surface area contributed by atoms with Gasteiger partial charge in [0.15, 0.2) is 5.17 Å². The molecule has 0 aliphatic heterocycles. The molecule has 0 saturated carbocycles. The van der Waals surface area contributed by atoms with Gasteiger partial charge in [0.25, 0.3) is 0 Å². The molecule has 1 amide bonds. The summed E-state index contributed by atoms with van der Waals surface area (Å²) in [4.78, 5) is 15.0. The minimum atomic E-state index is -0.220. The molecule has 1 unspecified atom stereocenters. The number of aliphatic imine (C=N–C) groups is 1. The second kappa shape index (κ2) is 8.86. The normalized spacial score (nSPS) is 15.8. The Hall–Kier alpha value is -0.160. The number of hydrogen-bond donors (Lipinski definition) is 1. The molecule has 0 bridgehead atoms. The van der Waals surface area contributed by atoms with E-state index in [1.165, 1.54) is 24.6 Å². The number of carbonyl (C=O) groups is 1. The fourth-order valence-electron chi connectivity index (χ4n) is 2.10. The summed E-state index contributed by atoms with van der Waals surface area (Å²) in [5.41, 5.74) is 6.08. The van der Waals surface area contributed by atoms with Gasteiger partial charge < -0.3 is 5.73 Å². The Kier molecular flexibility index (Phi) is 8.78. The summed E-state index contributed by atoms with van der Waals surface area (Å²) in [6.07, 6.45) is 5.21. The van der Waals surface area contributed by atoms with Crippen molar-refractivity contribution in [3.05, 3.63) is 0 Å². The monoisotopic (exact) mass is 290 g/mol. The zero-order valence-corrected chi connectivity index (χ0v) is 13.8. The van der Waals surface area contributed by atoms with E-state index < -0.39 is 0 Å². The van der Waals surface area contributed by atoms with E-state index >= 15 is 0 Å². The van der Waals surface area contributed by atoms with Gasteiger partial charge in [0.05, 0.1) is 0 Å². The highest BCUT2D eigenvalue weighted by atomic mass is 32.2. The van der Waals surface area contributed by atoms with Gasteiger partial charge in [-0.1, -0.05) is 57.6 Å². The van der Waals surface area contributed by atoms with Gasteiger partial charge in [0.2, 0.25) is 0 Å². The molecule has 5 heteroatoms. The molecule has 0 aromatic heterocycles. The van der Waals surface area contributed by atoms with E-state index in [4.69, 9.17) is 5.73 Å². The van der Waals surface area contributed by atoms with E-state index in [-0.39, 0.29) is 5.24 Å². The van der Waals surface area contributed by atoms with Gasteiger partial charge in [-0.15, -0.1) is 0 Å². The highest BCUT2D eigenvalue weighted by molar-refractivity contribution is 8.15. The smallest absolute Gasteiger partial charge is 0.306 e. The molecule has 2 N–H and O–H groups in total. The van der Waals surface area contributed by atoms with Crippen LogP contribution in [-0.2, 0) is 0 Å².